The van der Waals surface area contributed by atoms with Gasteiger partial charge in [0.25, 0.3) is 0 Å². The lowest BCUT2D eigenvalue weighted by molar-refractivity contribution is -0.142. The molecular weight excluding hydrogens is 530 g/mol. The van der Waals surface area contributed by atoms with Gasteiger partial charge in [0.1, 0.15) is 18.2 Å². The van der Waals surface area contributed by atoms with E-state index in [1.807, 2.05) is 6.07 Å². The zero-order chi connectivity index (χ0) is 27.2. The molecule has 2 aliphatic heterocycles. The summed E-state index contributed by atoms with van der Waals surface area (Å²) in [6.07, 6.45) is 2.13. The lowest BCUT2D eigenvalue weighted by Gasteiger charge is -2.32. The molecule has 2 aliphatic rings. The van der Waals surface area contributed by atoms with E-state index in [-0.39, 0.29) is 55.5 Å². The Morgan fingerprint density at radius 1 is 1.24 bits per heavy atom. The highest BCUT2D eigenvalue weighted by Crippen LogP contribution is 2.30. The number of halogens is 3. The Morgan fingerprint density at radius 3 is 2.79 bits per heavy atom. The number of carbonyl (C=O) groups is 2. The van der Waals surface area contributed by atoms with Crippen LogP contribution < -0.4 is 10.5 Å². The monoisotopic (exact) mass is 560 g/mol. The Balaban J connectivity index is 1.49. The van der Waals surface area contributed by atoms with Gasteiger partial charge in [-0.3, -0.25) is 14.5 Å². The largest absolute Gasteiger partial charge is 0.492 e. The molecule has 4 atom stereocenters. The molecule has 1 amide bonds. The molecule has 2 fully saturated rings. The van der Waals surface area contributed by atoms with Gasteiger partial charge < -0.3 is 15.4 Å². The van der Waals surface area contributed by atoms with Crippen LogP contribution in [0.4, 0.5) is 4.39 Å². The van der Waals surface area contributed by atoms with Gasteiger partial charge in [-0.2, -0.15) is 5.26 Å². The number of ketones is 1. The highest BCUT2D eigenvalue weighted by Gasteiger charge is 2.45. The molecule has 10 heteroatoms. The number of fused-ring (bicyclic) bond motifs is 1. The number of rotatable bonds is 10. The first kappa shape index (κ1) is 28.3. The van der Waals surface area contributed by atoms with Crippen LogP contribution in [-0.4, -0.2) is 65.4 Å². The molecule has 0 aliphatic carbocycles. The van der Waals surface area contributed by atoms with Crippen molar-refractivity contribution in [3.63, 3.8) is 0 Å². The maximum Gasteiger partial charge on any atom is 0.240 e. The first-order valence-corrected chi connectivity index (χ1v) is 13.6. The summed E-state index contributed by atoms with van der Waals surface area (Å²) in [5.74, 6) is -0.202. The predicted molar refractivity (Wildman–Crippen MR) is 144 cm³/mol. The quantitative estimate of drug-likeness (QED) is 0.462. The third-order valence-electron chi connectivity index (χ3n) is 7.27. The maximum atomic E-state index is 13.8. The summed E-state index contributed by atoms with van der Waals surface area (Å²) in [5.41, 5.74) is 7.13. The molecule has 2 heterocycles. The van der Waals surface area contributed by atoms with Crippen LogP contribution in [0.3, 0.4) is 0 Å². The molecule has 4 rings (SSSR count). The van der Waals surface area contributed by atoms with E-state index < -0.39 is 12.1 Å². The number of amides is 1. The van der Waals surface area contributed by atoms with Gasteiger partial charge >= 0.3 is 0 Å². The molecule has 7 nitrogen and oxygen atoms in total. The Morgan fingerprint density at radius 2 is 2.05 bits per heavy atom. The van der Waals surface area contributed by atoms with E-state index >= 15 is 0 Å². The van der Waals surface area contributed by atoms with Gasteiger partial charge in [0.15, 0.2) is 5.78 Å². The summed E-state index contributed by atoms with van der Waals surface area (Å²) in [6.45, 7) is 1.16. The Kier molecular flexibility index (Phi) is 9.61. The second kappa shape index (κ2) is 12.9. The number of hydrogen-bond acceptors (Lipinski definition) is 6. The van der Waals surface area contributed by atoms with Crippen LogP contribution in [-0.2, 0) is 16.0 Å². The van der Waals surface area contributed by atoms with E-state index in [4.69, 9.17) is 33.7 Å². The summed E-state index contributed by atoms with van der Waals surface area (Å²) in [5, 5.41) is 10.1. The predicted octanol–water partition coefficient (Wildman–Crippen LogP) is 4.39. The van der Waals surface area contributed by atoms with Crippen LogP contribution >= 0.6 is 23.2 Å². The van der Waals surface area contributed by atoms with Crippen molar-refractivity contribution in [2.24, 2.45) is 5.73 Å². The van der Waals surface area contributed by atoms with Crippen molar-refractivity contribution in [2.45, 2.75) is 62.7 Å². The van der Waals surface area contributed by atoms with Crippen molar-refractivity contribution in [3.8, 4) is 11.8 Å². The van der Waals surface area contributed by atoms with Crippen molar-refractivity contribution in [1.29, 1.82) is 5.26 Å². The zero-order valence-electron chi connectivity index (χ0n) is 21.0. The highest BCUT2D eigenvalue weighted by atomic mass is 35.5. The zero-order valence-corrected chi connectivity index (χ0v) is 22.5. The van der Waals surface area contributed by atoms with Gasteiger partial charge in [-0.05, 0) is 55.5 Å². The van der Waals surface area contributed by atoms with Gasteiger partial charge in [-0.1, -0.05) is 35.3 Å². The molecule has 2 aromatic carbocycles. The van der Waals surface area contributed by atoms with E-state index in [2.05, 4.69) is 11.0 Å². The van der Waals surface area contributed by atoms with Crippen LogP contribution in [0.25, 0.3) is 0 Å². The molecule has 38 heavy (non-hydrogen) atoms. The summed E-state index contributed by atoms with van der Waals surface area (Å²) in [4.78, 5) is 30.9. The van der Waals surface area contributed by atoms with E-state index in [1.165, 1.54) is 12.1 Å². The average molecular weight is 561 g/mol. The molecule has 2 N–H and O–H groups in total. The van der Waals surface area contributed by atoms with E-state index in [1.54, 1.807) is 29.2 Å². The van der Waals surface area contributed by atoms with Crippen molar-refractivity contribution >= 4 is 34.9 Å². The minimum atomic E-state index is -0.702. The number of nitrogens with zero attached hydrogens (tertiary/aromatic N) is 3. The number of Topliss-reactive ketones (excluding diaryl/α,β-unsaturated/α-hetero) is 1. The van der Waals surface area contributed by atoms with Crippen molar-refractivity contribution in [1.82, 2.24) is 9.80 Å². The van der Waals surface area contributed by atoms with Gasteiger partial charge in [0.2, 0.25) is 5.91 Å². The normalized spacial score (nSPS) is 22.4. The molecule has 1 unspecified atom stereocenters. The number of carbonyl (C=O) groups excluding carboxylic acids is 2. The topological polar surface area (TPSA) is 99.7 Å². The van der Waals surface area contributed by atoms with Crippen molar-refractivity contribution in [2.75, 3.05) is 19.7 Å². The van der Waals surface area contributed by atoms with Crippen LogP contribution in [0, 0.1) is 17.1 Å². The number of aryl methyl sites for hydroxylation is 1. The fraction of sp³-hybridized carbons (Fsp3) is 0.464. The summed E-state index contributed by atoms with van der Waals surface area (Å²) in [7, 11) is 0. The van der Waals surface area contributed by atoms with Gasteiger partial charge in [-0.15, -0.1) is 0 Å². The molecule has 0 aromatic heterocycles. The smallest absolute Gasteiger partial charge is 0.240 e. The molecule has 0 radical (unpaired) electrons. The van der Waals surface area contributed by atoms with Crippen LogP contribution in [0.1, 0.15) is 37.7 Å². The first-order chi connectivity index (χ1) is 18.3. The SMILES string of the molecule is N#CCC[C@H](C(=O)CCc1ccc(Cl)c(Cl)c1)N1CCC(COc2cccc(F)c2)N2C[C@H](N)C[C@H]2C1=O. The molecule has 0 spiro atoms. The summed E-state index contributed by atoms with van der Waals surface area (Å²) >= 11 is 12.1. The molecule has 2 aromatic rings. The van der Waals surface area contributed by atoms with Gasteiger partial charge in [0.05, 0.1) is 28.2 Å². The number of ether oxygens (including phenoxy) is 1. The van der Waals surface area contributed by atoms with Crippen molar-refractivity contribution in [3.05, 3.63) is 63.9 Å². The third kappa shape index (κ3) is 6.83. The number of benzene rings is 2. The first-order valence-electron chi connectivity index (χ1n) is 12.8. The number of nitriles is 1. The second-order valence-corrected chi connectivity index (χ2v) is 10.7. The molecule has 0 saturated carbocycles. The van der Waals surface area contributed by atoms with E-state index in [0.29, 0.717) is 48.1 Å². The minimum Gasteiger partial charge on any atom is -0.492 e. The highest BCUT2D eigenvalue weighted by molar-refractivity contribution is 6.42. The Bertz CT molecular complexity index is 1210. The minimum absolute atomic E-state index is 0.0945. The average Bonchev–Trinajstić information content (AvgIpc) is 3.24. The number of hydrogen-bond donors (Lipinski definition) is 1. The molecule has 202 valence electrons. The van der Waals surface area contributed by atoms with Crippen LogP contribution in [0.15, 0.2) is 42.5 Å². The standard InChI is InChI=1S/C28H31Cl2FN4O3/c29-23-8-6-18(13-24(23)30)7-9-27(36)25(5-2-11-32)34-12-10-21(17-38-22-4-1-3-19(31)14-22)35-16-20(33)15-26(35)28(34)37/h1,3-4,6,8,13-14,20-21,25-26H,2,5,7,9-10,12,15-17,33H2/t20-,21?,25-,26+/m1/s1. The number of nitrogens with two attached hydrogens (primary N) is 1. The van der Waals surface area contributed by atoms with Crippen LogP contribution in [0.2, 0.25) is 10.0 Å². The Hall–Kier alpha value is -2.70. The maximum absolute atomic E-state index is 13.8. The second-order valence-electron chi connectivity index (χ2n) is 9.88. The lowest BCUT2D eigenvalue weighted by atomic mass is 9.97. The fourth-order valence-electron chi connectivity index (χ4n) is 5.36. The van der Waals surface area contributed by atoms with E-state index in [9.17, 15) is 19.2 Å². The van der Waals surface area contributed by atoms with E-state index in [0.717, 1.165) is 5.56 Å². The molecule has 0 bridgehead atoms. The molecule has 2 saturated heterocycles. The van der Waals surface area contributed by atoms with Crippen LogP contribution in [0.5, 0.6) is 5.75 Å². The lowest BCUT2D eigenvalue weighted by Crippen LogP contribution is -2.51. The summed E-state index contributed by atoms with van der Waals surface area (Å²) < 4.78 is 19.5. The molecular formula is C28H31Cl2FN4O3. The van der Waals surface area contributed by atoms with Crippen molar-refractivity contribution < 1.29 is 18.7 Å². The fourth-order valence-corrected chi connectivity index (χ4v) is 5.68. The third-order valence-corrected chi connectivity index (χ3v) is 8.01. The van der Waals surface area contributed by atoms with Gasteiger partial charge in [-0.25, -0.2) is 4.39 Å². The summed E-state index contributed by atoms with van der Waals surface area (Å²) in [6, 6.07) is 11.8. The Labute approximate surface area is 232 Å². The van der Waals surface area contributed by atoms with Gasteiger partial charge in [0, 0.05) is 44.1 Å².